The summed E-state index contributed by atoms with van der Waals surface area (Å²) in [5.74, 6) is 1.69. The highest BCUT2D eigenvalue weighted by atomic mass is 16.5. The molecule has 4 heterocycles. The number of anilines is 4. The molecule has 0 spiro atoms. The van der Waals surface area contributed by atoms with Gasteiger partial charge in [-0.2, -0.15) is 0 Å². The SMILES string of the molecule is CN1CCN(c2ccc3cc2OCCCCCC(=O)N(C)CCNc2ncnc4c2/C(=C/N3)C(=O)N4)CC1. The second-order valence-corrected chi connectivity index (χ2v) is 9.98. The minimum atomic E-state index is -0.250. The zero-order valence-corrected chi connectivity index (χ0v) is 22.1. The molecule has 2 amide bonds. The summed E-state index contributed by atoms with van der Waals surface area (Å²) >= 11 is 0. The van der Waals surface area contributed by atoms with Gasteiger partial charge in [-0.05, 0) is 38.4 Å². The van der Waals surface area contributed by atoms with Crippen LogP contribution in [0.15, 0.2) is 30.7 Å². The van der Waals surface area contributed by atoms with Gasteiger partial charge in [-0.3, -0.25) is 9.59 Å². The maximum absolute atomic E-state index is 12.8. The van der Waals surface area contributed by atoms with Crippen molar-refractivity contribution in [1.29, 1.82) is 0 Å². The standard InChI is InChI=1S/C27H36N8O3/c1-33-11-13-35(14-12-33)21-8-7-19-16-22(21)38-15-5-3-4-6-23(36)34(2)10-9-28-25-24-20(17-29-19)27(37)32-26(24)31-18-30-25/h7-8,16-18,29H,3-6,9-15H2,1-2H3,(H2,28,30,31,32,37)/b20-17-. The number of benzene rings is 1. The van der Waals surface area contributed by atoms with Crippen molar-refractivity contribution in [3.8, 4) is 5.75 Å². The van der Waals surface area contributed by atoms with Crippen LogP contribution in [0.2, 0.25) is 0 Å². The Morgan fingerprint density at radius 3 is 2.61 bits per heavy atom. The van der Waals surface area contributed by atoms with E-state index in [2.05, 4.69) is 48.8 Å². The monoisotopic (exact) mass is 520 g/mol. The molecule has 0 saturated carbocycles. The summed E-state index contributed by atoms with van der Waals surface area (Å²) in [7, 11) is 3.95. The minimum absolute atomic E-state index is 0.116. The van der Waals surface area contributed by atoms with Crippen LogP contribution in [0.1, 0.15) is 31.2 Å². The molecule has 1 aromatic carbocycles. The zero-order chi connectivity index (χ0) is 26.5. The molecule has 0 radical (unpaired) electrons. The van der Waals surface area contributed by atoms with E-state index in [9.17, 15) is 9.59 Å². The lowest BCUT2D eigenvalue weighted by Gasteiger charge is -2.35. The van der Waals surface area contributed by atoms with Gasteiger partial charge >= 0.3 is 0 Å². The molecule has 38 heavy (non-hydrogen) atoms. The molecule has 11 nitrogen and oxygen atoms in total. The van der Waals surface area contributed by atoms with Crippen LogP contribution in [0, 0.1) is 0 Å². The minimum Gasteiger partial charge on any atom is -0.491 e. The number of rotatable bonds is 1. The van der Waals surface area contributed by atoms with Gasteiger partial charge in [-0.1, -0.05) is 0 Å². The number of nitrogens with one attached hydrogen (secondary N) is 3. The molecule has 0 unspecified atom stereocenters. The number of aromatic nitrogens is 2. The topological polar surface area (TPSA) is 115 Å². The second-order valence-electron chi connectivity index (χ2n) is 9.98. The fourth-order valence-electron chi connectivity index (χ4n) is 4.87. The van der Waals surface area contributed by atoms with Gasteiger partial charge in [0.2, 0.25) is 5.91 Å². The number of hydrogen-bond acceptors (Lipinski definition) is 9. The van der Waals surface area contributed by atoms with Gasteiger partial charge in [0.25, 0.3) is 5.91 Å². The molecule has 202 valence electrons. The van der Waals surface area contributed by atoms with Crippen molar-refractivity contribution in [3.05, 3.63) is 36.3 Å². The van der Waals surface area contributed by atoms with Crippen LogP contribution in [0.25, 0.3) is 5.57 Å². The third-order valence-electron chi connectivity index (χ3n) is 7.24. The summed E-state index contributed by atoms with van der Waals surface area (Å²) in [6, 6.07) is 6.08. The van der Waals surface area contributed by atoms with Crippen LogP contribution >= 0.6 is 0 Å². The predicted molar refractivity (Wildman–Crippen MR) is 149 cm³/mol. The smallest absolute Gasteiger partial charge is 0.259 e. The average molecular weight is 521 g/mol. The Morgan fingerprint density at radius 2 is 1.76 bits per heavy atom. The third-order valence-corrected chi connectivity index (χ3v) is 7.24. The molecule has 2 bridgehead atoms. The van der Waals surface area contributed by atoms with E-state index in [0.29, 0.717) is 48.9 Å². The highest BCUT2D eigenvalue weighted by Gasteiger charge is 2.29. The Hall–Kier alpha value is -3.86. The van der Waals surface area contributed by atoms with E-state index in [4.69, 9.17) is 4.74 Å². The van der Waals surface area contributed by atoms with Crippen molar-refractivity contribution in [2.24, 2.45) is 0 Å². The van der Waals surface area contributed by atoms with Crippen molar-refractivity contribution in [1.82, 2.24) is 19.8 Å². The average Bonchev–Trinajstić information content (AvgIpc) is 3.25. The first-order valence-electron chi connectivity index (χ1n) is 13.3. The molecular weight excluding hydrogens is 484 g/mol. The van der Waals surface area contributed by atoms with Gasteiger partial charge in [-0.25, -0.2) is 9.97 Å². The quantitative estimate of drug-likeness (QED) is 0.522. The van der Waals surface area contributed by atoms with Crippen molar-refractivity contribution in [2.75, 3.05) is 80.8 Å². The van der Waals surface area contributed by atoms with Gasteiger partial charge in [0, 0.05) is 70.7 Å². The van der Waals surface area contributed by atoms with Crippen molar-refractivity contribution in [2.45, 2.75) is 25.7 Å². The van der Waals surface area contributed by atoms with Crippen molar-refractivity contribution < 1.29 is 14.3 Å². The van der Waals surface area contributed by atoms with E-state index in [1.807, 2.05) is 19.2 Å². The molecule has 5 rings (SSSR count). The molecule has 3 N–H and O–H groups in total. The third kappa shape index (κ3) is 5.83. The molecule has 1 aromatic heterocycles. The first-order chi connectivity index (χ1) is 18.5. The van der Waals surface area contributed by atoms with Crippen LogP contribution < -0.4 is 25.6 Å². The lowest BCUT2D eigenvalue weighted by atomic mass is 10.1. The summed E-state index contributed by atoms with van der Waals surface area (Å²) in [6.07, 6.45) is 6.24. The Labute approximate surface area is 223 Å². The zero-order valence-electron chi connectivity index (χ0n) is 22.1. The number of ether oxygens (including phenoxy) is 1. The number of carbonyl (C=O) groups is 2. The van der Waals surface area contributed by atoms with Crippen molar-refractivity contribution >= 4 is 40.4 Å². The number of nitrogens with zero attached hydrogens (tertiary/aromatic N) is 5. The fourth-order valence-corrected chi connectivity index (χ4v) is 4.87. The van der Waals surface area contributed by atoms with Crippen LogP contribution in [0.4, 0.5) is 23.0 Å². The number of piperazine rings is 1. The molecule has 2 aromatic rings. The molecule has 3 aliphatic rings. The Kier molecular flexibility index (Phi) is 7.92. The number of carbonyl (C=O) groups excluding carboxylic acids is 2. The fraction of sp³-hybridized carbons (Fsp3) is 0.481. The predicted octanol–water partition coefficient (Wildman–Crippen LogP) is 2.46. The molecule has 1 fully saturated rings. The summed E-state index contributed by atoms with van der Waals surface area (Å²) < 4.78 is 6.29. The van der Waals surface area contributed by atoms with Crippen molar-refractivity contribution in [3.63, 3.8) is 0 Å². The number of amides is 2. The summed E-state index contributed by atoms with van der Waals surface area (Å²) in [6.45, 7) is 5.49. The molecular formula is C27H36N8O3. The first-order valence-corrected chi connectivity index (χ1v) is 13.3. The highest BCUT2D eigenvalue weighted by molar-refractivity contribution is 6.32. The number of hydrogen-bond donors (Lipinski definition) is 3. The normalized spacial score (nSPS) is 20.9. The molecule has 0 aliphatic carbocycles. The lowest BCUT2D eigenvalue weighted by Crippen LogP contribution is -2.44. The van der Waals surface area contributed by atoms with Gasteiger partial charge in [0.05, 0.1) is 23.4 Å². The van der Waals surface area contributed by atoms with E-state index < -0.39 is 0 Å². The summed E-state index contributed by atoms with van der Waals surface area (Å²) in [5.41, 5.74) is 2.95. The maximum atomic E-state index is 12.8. The molecule has 1 saturated heterocycles. The lowest BCUT2D eigenvalue weighted by molar-refractivity contribution is -0.129. The van der Waals surface area contributed by atoms with Gasteiger partial charge < -0.3 is 35.4 Å². The Balaban J connectivity index is 1.44. The van der Waals surface area contributed by atoms with Crippen LogP contribution in [0.5, 0.6) is 5.75 Å². The van der Waals surface area contributed by atoms with E-state index >= 15 is 0 Å². The van der Waals surface area contributed by atoms with E-state index in [1.165, 1.54) is 6.33 Å². The summed E-state index contributed by atoms with van der Waals surface area (Å²) in [4.78, 5) is 40.4. The summed E-state index contributed by atoms with van der Waals surface area (Å²) in [5, 5.41) is 9.38. The van der Waals surface area contributed by atoms with Crippen LogP contribution in [-0.2, 0) is 9.59 Å². The first kappa shape index (κ1) is 25.8. The second kappa shape index (κ2) is 11.7. The Morgan fingerprint density at radius 1 is 0.947 bits per heavy atom. The largest absolute Gasteiger partial charge is 0.491 e. The van der Waals surface area contributed by atoms with Gasteiger partial charge in [-0.15, -0.1) is 0 Å². The van der Waals surface area contributed by atoms with E-state index in [1.54, 1.807) is 11.1 Å². The number of fused-ring (bicyclic) bond motifs is 2. The Bertz CT molecular complexity index is 1210. The highest BCUT2D eigenvalue weighted by Crippen LogP contribution is 2.36. The maximum Gasteiger partial charge on any atom is 0.259 e. The van der Waals surface area contributed by atoms with Crippen LogP contribution in [0.3, 0.4) is 0 Å². The van der Waals surface area contributed by atoms with Crippen LogP contribution in [-0.4, -0.2) is 91.6 Å². The molecule has 11 heteroatoms. The van der Waals surface area contributed by atoms with E-state index in [-0.39, 0.29) is 11.8 Å². The molecule has 0 atom stereocenters. The van der Waals surface area contributed by atoms with Gasteiger partial charge in [0.15, 0.2) is 0 Å². The van der Waals surface area contributed by atoms with Gasteiger partial charge in [0.1, 0.15) is 23.7 Å². The molecule has 3 aliphatic heterocycles. The van der Waals surface area contributed by atoms with E-state index in [0.717, 1.165) is 62.6 Å². The number of likely N-dealkylation sites (N-methyl/N-ethyl adjacent to an activating group) is 2.